The van der Waals surface area contributed by atoms with Crippen LogP contribution in [-0.2, 0) is 14.4 Å². The Labute approximate surface area is 122 Å². The molecule has 1 aliphatic rings. The second kappa shape index (κ2) is 6.36. The van der Waals surface area contributed by atoms with Crippen molar-refractivity contribution in [2.24, 2.45) is 5.73 Å². The van der Waals surface area contributed by atoms with Gasteiger partial charge in [-0.3, -0.25) is 19.3 Å². The smallest absolute Gasteiger partial charge is 0.246 e. The number of amides is 3. The van der Waals surface area contributed by atoms with E-state index in [-0.39, 0.29) is 18.9 Å². The summed E-state index contributed by atoms with van der Waals surface area (Å²) in [5, 5.41) is 2.61. The first-order valence-corrected chi connectivity index (χ1v) is 6.55. The van der Waals surface area contributed by atoms with E-state index in [1.54, 1.807) is 24.3 Å². The Hall–Kier alpha value is -2.41. The topological polar surface area (TPSA) is 102 Å². The number of hydrogen-bond donors (Lipinski definition) is 2. The van der Waals surface area contributed by atoms with E-state index in [9.17, 15) is 14.4 Å². The third-order valence-electron chi connectivity index (χ3n) is 3.21. The van der Waals surface area contributed by atoms with Crippen LogP contribution in [0.5, 0.6) is 5.75 Å². The number of ether oxygens (including phenoxy) is 1. The van der Waals surface area contributed by atoms with Crippen LogP contribution in [0.1, 0.15) is 12.8 Å². The number of nitrogens with one attached hydrogen (secondary N) is 1. The lowest BCUT2D eigenvalue weighted by Gasteiger charge is -2.28. The molecule has 1 atom stereocenters. The van der Waals surface area contributed by atoms with Crippen LogP contribution in [-0.4, -0.2) is 42.3 Å². The van der Waals surface area contributed by atoms with Gasteiger partial charge in [-0.1, -0.05) is 6.07 Å². The van der Waals surface area contributed by atoms with Gasteiger partial charge in [-0.2, -0.15) is 0 Å². The molecule has 3 amide bonds. The average molecular weight is 291 g/mol. The lowest BCUT2D eigenvalue weighted by molar-refractivity contribution is -0.151. The van der Waals surface area contributed by atoms with E-state index in [4.69, 9.17) is 10.5 Å². The van der Waals surface area contributed by atoms with Crippen molar-refractivity contribution in [2.45, 2.75) is 18.9 Å². The van der Waals surface area contributed by atoms with Crippen molar-refractivity contribution < 1.29 is 19.1 Å². The molecule has 1 aromatic carbocycles. The molecule has 112 valence electrons. The Morgan fingerprint density at radius 2 is 2.24 bits per heavy atom. The lowest BCUT2D eigenvalue weighted by Crippen LogP contribution is -2.53. The van der Waals surface area contributed by atoms with Crippen molar-refractivity contribution in [3.63, 3.8) is 0 Å². The molecule has 1 aliphatic heterocycles. The number of likely N-dealkylation sites (tertiary alicyclic amines) is 1. The number of rotatable bonds is 4. The predicted octanol–water partition coefficient (Wildman–Crippen LogP) is 0.110. The minimum absolute atomic E-state index is 0.180. The Balaban J connectivity index is 2.00. The number of carbonyl (C=O) groups excluding carboxylic acids is 3. The van der Waals surface area contributed by atoms with Gasteiger partial charge >= 0.3 is 0 Å². The minimum atomic E-state index is -0.715. The standard InChI is InChI=1S/C14H17N3O4/c1-21-10-4-2-3-9(7-10)16-12(18)8-17-13(19)6-5-11(15)14(17)20/h2-4,7,11H,5-6,8,15H2,1H3,(H,16,18). The highest BCUT2D eigenvalue weighted by Crippen LogP contribution is 2.17. The van der Waals surface area contributed by atoms with E-state index in [0.717, 1.165) is 4.90 Å². The van der Waals surface area contributed by atoms with Crippen LogP contribution in [0.25, 0.3) is 0 Å². The molecule has 0 aliphatic carbocycles. The van der Waals surface area contributed by atoms with Crippen LogP contribution in [0.4, 0.5) is 5.69 Å². The fourth-order valence-electron chi connectivity index (χ4n) is 2.07. The number of imide groups is 1. The Kier molecular flexibility index (Phi) is 4.54. The quantitative estimate of drug-likeness (QED) is 0.767. The van der Waals surface area contributed by atoms with Crippen LogP contribution >= 0.6 is 0 Å². The number of hydrogen-bond acceptors (Lipinski definition) is 5. The number of anilines is 1. The summed E-state index contributed by atoms with van der Waals surface area (Å²) in [7, 11) is 1.52. The summed E-state index contributed by atoms with van der Waals surface area (Å²) >= 11 is 0. The number of carbonyl (C=O) groups is 3. The Morgan fingerprint density at radius 1 is 1.48 bits per heavy atom. The van der Waals surface area contributed by atoms with Gasteiger partial charge in [0.15, 0.2) is 0 Å². The summed E-state index contributed by atoms with van der Waals surface area (Å²) in [6.07, 6.45) is 0.505. The van der Waals surface area contributed by atoms with Gasteiger partial charge in [-0.15, -0.1) is 0 Å². The maximum Gasteiger partial charge on any atom is 0.246 e. The van der Waals surface area contributed by atoms with Gasteiger partial charge < -0.3 is 15.8 Å². The molecule has 7 nitrogen and oxygen atoms in total. The van der Waals surface area contributed by atoms with Crippen molar-refractivity contribution >= 4 is 23.4 Å². The van der Waals surface area contributed by atoms with Crippen LogP contribution in [0.3, 0.4) is 0 Å². The third-order valence-corrected chi connectivity index (χ3v) is 3.21. The van der Waals surface area contributed by atoms with E-state index in [2.05, 4.69) is 5.32 Å². The number of benzene rings is 1. The lowest BCUT2D eigenvalue weighted by atomic mass is 10.1. The molecule has 1 saturated heterocycles. The van der Waals surface area contributed by atoms with Crippen molar-refractivity contribution in [3.8, 4) is 5.75 Å². The van der Waals surface area contributed by atoms with Gasteiger partial charge in [0.05, 0.1) is 13.2 Å². The SMILES string of the molecule is COc1cccc(NC(=O)CN2C(=O)CCC(N)C2=O)c1. The third kappa shape index (κ3) is 3.57. The molecule has 2 rings (SSSR count). The predicted molar refractivity (Wildman–Crippen MR) is 75.6 cm³/mol. The van der Waals surface area contributed by atoms with Gasteiger partial charge in [0.25, 0.3) is 0 Å². The maximum absolute atomic E-state index is 11.9. The molecule has 1 aromatic rings. The van der Waals surface area contributed by atoms with Gasteiger partial charge in [0.2, 0.25) is 17.7 Å². The van der Waals surface area contributed by atoms with E-state index in [1.807, 2.05) is 0 Å². The van der Waals surface area contributed by atoms with Gasteiger partial charge in [0.1, 0.15) is 12.3 Å². The normalized spacial score (nSPS) is 18.6. The van der Waals surface area contributed by atoms with Gasteiger partial charge in [-0.05, 0) is 18.6 Å². The van der Waals surface area contributed by atoms with E-state index in [1.165, 1.54) is 7.11 Å². The van der Waals surface area contributed by atoms with Crippen molar-refractivity contribution in [2.75, 3.05) is 19.0 Å². The van der Waals surface area contributed by atoms with Crippen LogP contribution in [0.15, 0.2) is 24.3 Å². The highest BCUT2D eigenvalue weighted by molar-refractivity contribution is 6.05. The molecule has 1 unspecified atom stereocenters. The van der Waals surface area contributed by atoms with Gasteiger partial charge in [-0.25, -0.2) is 0 Å². The van der Waals surface area contributed by atoms with E-state index in [0.29, 0.717) is 17.9 Å². The number of nitrogens with zero attached hydrogens (tertiary/aromatic N) is 1. The molecule has 7 heteroatoms. The Bertz CT molecular complexity index is 573. The van der Waals surface area contributed by atoms with E-state index < -0.39 is 17.9 Å². The summed E-state index contributed by atoms with van der Waals surface area (Å²) in [6.45, 7) is -0.331. The molecule has 0 radical (unpaired) electrons. The van der Waals surface area contributed by atoms with Gasteiger partial charge in [0, 0.05) is 18.2 Å². The highest BCUT2D eigenvalue weighted by Gasteiger charge is 2.33. The molecule has 0 aromatic heterocycles. The molecule has 0 spiro atoms. The molecule has 21 heavy (non-hydrogen) atoms. The van der Waals surface area contributed by atoms with Crippen LogP contribution in [0.2, 0.25) is 0 Å². The Morgan fingerprint density at radius 3 is 2.95 bits per heavy atom. The summed E-state index contributed by atoms with van der Waals surface area (Å²) < 4.78 is 5.05. The van der Waals surface area contributed by atoms with Crippen molar-refractivity contribution in [1.82, 2.24) is 4.90 Å². The van der Waals surface area contributed by atoms with Crippen molar-refractivity contribution in [3.05, 3.63) is 24.3 Å². The second-order valence-electron chi connectivity index (χ2n) is 4.74. The first-order valence-electron chi connectivity index (χ1n) is 6.55. The number of nitrogens with two attached hydrogens (primary N) is 1. The van der Waals surface area contributed by atoms with E-state index >= 15 is 0 Å². The monoisotopic (exact) mass is 291 g/mol. The summed E-state index contributed by atoms with van der Waals surface area (Å²) in [4.78, 5) is 36.3. The first kappa shape index (κ1) is 15.0. The molecule has 0 bridgehead atoms. The van der Waals surface area contributed by atoms with Crippen LogP contribution < -0.4 is 15.8 Å². The van der Waals surface area contributed by atoms with Crippen LogP contribution in [0, 0.1) is 0 Å². The van der Waals surface area contributed by atoms with Crippen molar-refractivity contribution in [1.29, 1.82) is 0 Å². The fourth-order valence-corrected chi connectivity index (χ4v) is 2.07. The number of piperidine rings is 1. The zero-order valence-electron chi connectivity index (χ0n) is 11.7. The fraction of sp³-hybridized carbons (Fsp3) is 0.357. The molecule has 0 saturated carbocycles. The molecule has 1 heterocycles. The molecular weight excluding hydrogens is 274 g/mol. The average Bonchev–Trinajstić information content (AvgIpc) is 2.48. The zero-order valence-corrected chi connectivity index (χ0v) is 11.7. The molecule has 3 N–H and O–H groups in total. The largest absolute Gasteiger partial charge is 0.497 e. The number of methoxy groups -OCH3 is 1. The molecule has 1 fully saturated rings. The first-order chi connectivity index (χ1) is 10.0. The summed E-state index contributed by atoms with van der Waals surface area (Å²) in [5.41, 5.74) is 6.13. The zero-order chi connectivity index (χ0) is 15.4. The maximum atomic E-state index is 11.9. The minimum Gasteiger partial charge on any atom is -0.497 e. The summed E-state index contributed by atoms with van der Waals surface area (Å²) in [6, 6.07) is 6.08. The second-order valence-corrected chi connectivity index (χ2v) is 4.74. The highest BCUT2D eigenvalue weighted by atomic mass is 16.5. The summed E-state index contributed by atoms with van der Waals surface area (Å²) in [5.74, 6) is -0.742. The molecular formula is C14H17N3O4.